The lowest BCUT2D eigenvalue weighted by molar-refractivity contribution is -0.135. The maximum atomic E-state index is 12.5. The lowest BCUT2D eigenvalue weighted by Gasteiger charge is -2.22. The molecule has 4 rings (SSSR count). The number of hydrogen-bond acceptors (Lipinski definition) is 4. The summed E-state index contributed by atoms with van der Waals surface area (Å²) < 4.78 is 0. The smallest absolute Gasteiger partial charge is 0.246 e. The number of carbonyl (C=O) groups is 2. The number of amides is 2. The monoisotopic (exact) mass is 389 g/mol. The van der Waals surface area contributed by atoms with E-state index in [1.807, 2.05) is 18.2 Å². The lowest BCUT2D eigenvalue weighted by Crippen LogP contribution is -2.45. The third-order valence-electron chi connectivity index (χ3n) is 5.29. The molecular weight excluding hydrogens is 366 g/mol. The molecular formula is C22H23N5O2. The fraction of sp³-hybridized carbons (Fsp3) is 0.273. The number of nitrogens with zero attached hydrogens (tertiary/aromatic N) is 3. The third-order valence-corrected chi connectivity index (χ3v) is 5.29. The summed E-state index contributed by atoms with van der Waals surface area (Å²) in [5.41, 5.74) is 3.99. The molecule has 0 bridgehead atoms. The SMILES string of the molecule is C=CC(=O)N1CCC[C@H]1C(=O)NCCc1cc2c(-c3ccncc3)ccnc2[nH]1. The van der Waals surface area contributed by atoms with Crippen molar-refractivity contribution < 1.29 is 9.59 Å². The molecule has 0 aromatic carbocycles. The maximum absolute atomic E-state index is 12.5. The summed E-state index contributed by atoms with van der Waals surface area (Å²) in [5.74, 6) is -0.294. The van der Waals surface area contributed by atoms with Crippen LogP contribution in [0.25, 0.3) is 22.2 Å². The number of aromatic nitrogens is 3. The molecule has 3 aromatic heterocycles. The molecule has 7 heteroatoms. The molecule has 1 aliphatic heterocycles. The van der Waals surface area contributed by atoms with Crippen LogP contribution in [0.3, 0.4) is 0 Å². The van der Waals surface area contributed by atoms with Gasteiger partial charge in [0.15, 0.2) is 0 Å². The molecule has 0 aliphatic carbocycles. The Hall–Kier alpha value is -3.48. The highest BCUT2D eigenvalue weighted by Crippen LogP contribution is 2.27. The molecule has 148 valence electrons. The van der Waals surface area contributed by atoms with Crippen LogP contribution in [-0.4, -0.2) is 50.8 Å². The van der Waals surface area contributed by atoms with Crippen LogP contribution in [0.2, 0.25) is 0 Å². The molecule has 3 aromatic rings. The summed E-state index contributed by atoms with van der Waals surface area (Å²) in [6, 6.07) is 7.61. The van der Waals surface area contributed by atoms with Gasteiger partial charge in [-0.05, 0) is 54.3 Å². The Bertz CT molecular complexity index is 1040. The van der Waals surface area contributed by atoms with Crippen LogP contribution in [0.15, 0.2) is 55.5 Å². The number of rotatable bonds is 6. The Morgan fingerprint density at radius 2 is 2.10 bits per heavy atom. The zero-order valence-electron chi connectivity index (χ0n) is 16.1. The summed E-state index contributed by atoms with van der Waals surface area (Å²) in [6.45, 7) is 4.61. The normalized spacial score (nSPS) is 16.1. The van der Waals surface area contributed by atoms with Crippen LogP contribution >= 0.6 is 0 Å². The first-order chi connectivity index (χ1) is 14.2. The number of pyridine rings is 2. The number of fused-ring (bicyclic) bond motifs is 1. The van der Waals surface area contributed by atoms with Crippen LogP contribution in [0.1, 0.15) is 18.5 Å². The second-order valence-corrected chi connectivity index (χ2v) is 7.09. The molecule has 29 heavy (non-hydrogen) atoms. The Kier molecular flexibility index (Phi) is 5.37. The lowest BCUT2D eigenvalue weighted by atomic mass is 10.1. The average molecular weight is 389 g/mol. The molecule has 0 spiro atoms. The molecule has 1 aliphatic rings. The number of carbonyl (C=O) groups excluding carboxylic acids is 2. The summed E-state index contributed by atoms with van der Waals surface area (Å²) in [5, 5.41) is 4.00. The van der Waals surface area contributed by atoms with Gasteiger partial charge in [0.05, 0.1) is 0 Å². The van der Waals surface area contributed by atoms with Gasteiger partial charge in [0.2, 0.25) is 11.8 Å². The second-order valence-electron chi connectivity index (χ2n) is 7.09. The second kappa shape index (κ2) is 8.26. The predicted octanol–water partition coefficient (Wildman–Crippen LogP) is 2.46. The van der Waals surface area contributed by atoms with Crippen molar-refractivity contribution in [3.63, 3.8) is 0 Å². The van der Waals surface area contributed by atoms with Gasteiger partial charge in [-0.25, -0.2) is 4.98 Å². The van der Waals surface area contributed by atoms with Gasteiger partial charge in [-0.3, -0.25) is 14.6 Å². The van der Waals surface area contributed by atoms with Crippen molar-refractivity contribution in [3.05, 3.63) is 61.2 Å². The summed E-state index contributed by atoms with van der Waals surface area (Å²) >= 11 is 0. The van der Waals surface area contributed by atoms with Crippen LogP contribution in [0.5, 0.6) is 0 Å². The number of H-pyrrole nitrogens is 1. The Morgan fingerprint density at radius 3 is 2.90 bits per heavy atom. The molecule has 2 amide bonds. The van der Waals surface area contributed by atoms with Gasteiger partial charge in [-0.1, -0.05) is 6.58 Å². The van der Waals surface area contributed by atoms with Gasteiger partial charge in [-0.15, -0.1) is 0 Å². The van der Waals surface area contributed by atoms with Crippen molar-refractivity contribution in [2.75, 3.05) is 13.1 Å². The fourth-order valence-corrected chi connectivity index (χ4v) is 3.86. The topological polar surface area (TPSA) is 91.0 Å². The van der Waals surface area contributed by atoms with Crippen LogP contribution < -0.4 is 5.32 Å². The minimum Gasteiger partial charge on any atom is -0.354 e. The number of likely N-dealkylation sites (tertiary alicyclic amines) is 1. The number of nitrogens with one attached hydrogen (secondary N) is 2. The molecule has 1 atom stereocenters. The molecule has 4 heterocycles. The van der Waals surface area contributed by atoms with E-state index in [0.29, 0.717) is 25.9 Å². The molecule has 1 fully saturated rings. The van der Waals surface area contributed by atoms with Crippen molar-refractivity contribution in [3.8, 4) is 11.1 Å². The highest BCUT2D eigenvalue weighted by atomic mass is 16.2. The minimum absolute atomic E-state index is 0.107. The first kappa shape index (κ1) is 18.9. The van der Waals surface area contributed by atoms with E-state index in [4.69, 9.17) is 0 Å². The van der Waals surface area contributed by atoms with E-state index in [1.54, 1.807) is 23.5 Å². The largest absolute Gasteiger partial charge is 0.354 e. The van der Waals surface area contributed by atoms with Crippen molar-refractivity contribution in [2.24, 2.45) is 0 Å². The van der Waals surface area contributed by atoms with Crippen molar-refractivity contribution in [1.29, 1.82) is 0 Å². The first-order valence-corrected chi connectivity index (χ1v) is 9.75. The molecule has 1 saturated heterocycles. The van der Waals surface area contributed by atoms with E-state index in [-0.39, 0.29) is 11.8 Å². The van der Waals surface area contributed by atoms with E-state index in [1.165, 1.54) is 6.08 Å². The van der Waals surface area contributed by atoms with E-state index in [9.17, 15) is 9.59 Å². The minimum atomic E-state index is -0.400. The van der Waals surface area contributed by atoms with Crippen LogP contribution in [0.4, 0.5) is 0 Å². The van der Waals surface area contributed by atoms with Crippen molar-refractivity contribution >= 4 is 22.8 Å². The van der Waals surface area contributed by atoms with E-state index in [0.717, 1.165) is 34.3 Å². The summed E-state index contributed by atoms with van der Waals surface area (Å²) in [6.07, 6.45) is 8.78. The van der Waals surface area contributed by atoms with Gasteiger partial charge in [0.1, 0.15) is 11.7 Å². The van der Waals surface area contributed by atoms with E-state index in [2.05, 4.69) is 32.9 Å². The average Bonchev–Trinajstić information content (AvgIpc) is 3.40. The standard InChI is InChI=1S/C22H23N5O2/c1-2-20(28)27-13-3-4-19(27)22(29)25-11-7-16-14-18-17(8-12-24-21(18)26-16)15-5-9-23-10-6-15/h2,5-6,8-10,12,14,19H,1,3-4,7,11,13H2,(H,24,26)(H,25,29)/t19-/m0/s1. The first-order valence-electron chi connectivity index (χ1n) is 9.75. The van der Waals surface area contributed by atoms with Gasteiger partial charge in [-0.2, -0.15) is 0 Å². The maximum Gasteiger partial charge on any atom is 0.246 e. The molecule has 2 N–H and O–H groups in total. The molecule has 0 saturated carbocycles. The van der Waals surface area contributed by atoms with Crippen molar-refractivity contribution in [2.45, 2.75) is 25.3 Å². The number of hydrogen-bond donors (Lipinski definition) is 2. The molecule has 0 unspecified atom stereocenters. The van der Waals surface area contributed by atoms with Gasteiger partial charge < -0.3 is 15.2 Å². The molecule has 7 nitrogen and oxygen atoms in total. The summed E-state index contributed by atoms with van der Waals surface area (Å²) in [7, 11) is 0. The zero-order chi connectivity index (χ0) is 20.2. The van der Waals surface area contributed by atoms with Crippen LogP contribution in [-0.2, 0) is 16.0 Å². The highest BCUT2D eigenvalue weighted by molar-refractivity contribution is 5.94. The van der Waals surface area contributed by atoms with Crippen LogP contribution in [0, 0.1) is 0 Å². The Labute approximate surface area is 168 Å². The molecule has 0 radical (unpaired) electrons. The van der Waals surface area contributed by atoms with Crippen molar-refractivity contribution in [1.82, 2.24) is 25.2 Å². The highest BCUT2D eigenvalue weighted by Gasteiger charge is 2.32. The fourth-order valence-electron chi connectivity index (χ4n) is 3.86. The third kappa shape index (κ3) is 3.89. The quantitative estimate of drug-likeness (QED) is 0.634. The van der Waals surface area contributed by atoms with Gasteiger partial charge in [0.25, 0.3) is 0 Å². The summed E-state index contributed by atoms with van der Waals surface area (Å²) in [4.78, 5) is 37.8. The van der Waals surface area contributed by atoms with Gasteiger partial charge in [0, 0.05) is 49.2 Å². The zero-order valence-corrected chi connectivity index (χ0v) is 16.1. The van der Waals surface area contributed by atoms with E-state index >= 15 is 0 Å². The Balaban J connectivity index is 1.42. The van der Waals surface area contributed by atoms with Gasteiger partial charge >= 0.3 is 0 Å². The number of aromatic amines is 1. The predicted molar refractivity (Wildman–Crippen MR) is 111 cm³/mol. The van der Waals surface area contributed by atoms with E-state index < -0.39 is 6.04 Å². The Morgan fingerprint density at radius 1 is 1.28 bits per heavy atom.